The van der Waals surface area contributed by atoms with Gasteiger partial charge in [0.2, 0.25) is 0 Å². The molecule has 0 saturated heterocycles. The zero-order valence-corrected chi connectivity index (χ0v) is 12.6. The zero-order chi connectivity index (χ0) is 14.3. The largest absolute Gasteiger partial charge is 3.00 e. The molecule has 0 aliphatic carbocycles. The molecule has 0 fully saturated rings. The second-order valence-corrected chi connectivity index (χ2v) is 1.27. The predicted octanol–water partition coefficient (Wildman–Crippen LogP) is -12.4. The normalized spacial score (nSPS) is 6.00. The standard InChI is InChI=1S/Al.2BH3O3.2BO3.Y/c;4*2-1(3)4;/h;2*2-4H;;;/q+3;;;2*-3;+3. The first kappa shape index (κ1) is 36.6. The Kier molecular flexibility index (Phi) is 63.1. The van der Waals surface area contributed by atoms with E-state index in [1.165, 1.54) is 0 Å². The van der Waals surface area contributed by atoms with Gasteiger partial charge in [-0.2, -0.15) is 0 Å². The molecule has 0 aromatic heterocycles. The molecule has 18 heteroatoms. The molecule has 0 amide bonds. The van der Waals surface area contributed by atoms with Crippen LogP contribution in [-0.2, 0) is 32.7 Å². The second-order valence-electron chi connectivity index (χ2n) is 1.27. The molecule has 96 valence electrons. The van der Waals surface area contributed by atoms with Crippen molar-refractivity contribution in [3.8, 4) is 0 Å². The van der Waals surface area contributed by atoms with Crippen molar-refractivity contribution in [2.24, 2.45) is 0 Å². The Labute approximate surface area is 139 Å². The summed E-state index contributed by atoms with van der Waals surface area (Å²) >= 11 is 0. The van der Waals surface area contributed by atoms with Crippen LogP contribution in [0.5, 0.6) is 0 Å². The van der Waals surface area contributed by atoms with Crippen molar-refractivity contribution in [3.63, 3.8) is 0 Å². The topological polar surface area (TPSA) is 260 Å². The minimum absolute atomic E-state index is 0. The van der Waals surface area contributed by atoms with Gasteiger partial charge < -0.3 is 60.3 Å². The SMILES string of the molecule is OB(O)O.OB(O)O.[Al+3].[O-]B([O-])[O-].[O-]B([O-])[O-].[Y+3]. The van der Waals surface area contributed by atoms with Crippen molar-refractivity contribution in [3.05, 3.63) is 0 Å². The summed E-state index contributed by atoms with van der Waals surface area (Å²) in [6, 6.07) is 0. The van der Waals surface area contributed by atoms with Gasteiger partial charge in [-0.05, 0) is 0 Å². The Morgan fingerprint density at radius 2 is 0.500 bits per heavy atom. The molecule has 0 radical (unpaired) electrons. The van der Waals surface area contributed by atoms with Crippen molar-refractivity contribution < 1.29 is 93.0 Å². The molecular weight excluding hydrogens is 351 g/mol. The zero-order valence-electron chi connectivity index (χ0n) is 8.60. The van der Waals surface area contributed by atoms with Crippen molar-refractivity contribution in [2.45, 2.75) is 0 Å². The van der Waals surface area contributed by atoms with E-state index in [0.29, 0.717) is 0 Å². The van der Waals surface area contributed by atoms with Gasteiger partial charge in [-0.1, -0.05) is 0 Å². The summed E-state index contributed by atoms with van der Waals surface area (Å²) in [5.74, 6) is 0. The molecule has 0 bridgehead atoms. The number of rotatable bonds is 0. The van der Waals surface area contributed by atoms with Crippen LogP contribution >= 0.6 is 0 Å². The van der Waals surface area contributed by atoms with Crippen LogP contribution in [0.15, 0.2) is 0 Å². The molecule has 0 saturated carbocycles. The Bertz CT molecular complexity index is 67.1. The summed E-state index contributed by atoms with van der Waals surface area (Å²) in [6.07, 6.45) is 0. The Morgan fingerprint density at radius 3 is 0.500 bits per heavy atom. The molecule has 0 unspecified atom stereocenters. The minimum atomic E-state index is -2.92. The fourth-order valence-electron chi connectivity index (χ4n) is 0. The maximum absolute atomic E-state index is 8.42. The van der Waals surface area contributed by atoms with Crippen LogP contribution in [0.1, 0.15) is 0 Å². The molecule has 0 heterocycles. The fourth-order valence-corrected chi connectivity index (χ4v) is 0. The average Bonchev–Trinajstić information content (AvgIpc) is 1.76. The first-order valence-corrected chi connectivity index (χ1v) is 2.96. The fraction of sp³-hybridized carbons (Fsp3) is 0. The number of hydrogen-bond donors (Lipinski definition) is 6. The third kappa shape index (κ3) is 2340. The van der Waals surface area contributed by atoms with Gasteiger partial charge in [0.1, 0.15) is 0 Å². The molecule has 0 aromatic rings. The molecule has 0 rings (SSSR count). The van der Waals surface area contributed by atoms with Gasteiger partial charge in [-0.3, -0.25) is 14.6 Å². The van der Waals surface area contributed by atoms with Crippen LogP contribution in [0.2, 0.25) is 0 Å². The van der Waals surface area contributed by atoms with Crippen LogP contribution in [-0.4, -0.2) is 76.8 Å². The molecule has 0 spiro atoms. The summed E-state index contributed by atoms with van der Waals surface area (Å²) in [6.45, 7) is 0. The molecule has 0 aromatic carbocycles. The van der Waals surface area contributed by atoms with Crippen molar-refractivity contribution in [1.82, 2.24) is 0 Å². The van der Waals surface area contributed by atoms with Gasteiger partial charge in [0.15, 0.2) is 0 Å². The maximum atomic E-state index is 8.42. The Morgan fingerprint density at radius 1 is 0.500 bits per heavy atom. The summed E-state index contributed by atoms with van der Waals surface area (Å²) in [5.41, 5.74) is 0. The van der Waals surface area contributed by atoms with Gasteiger partial charge in [0.25, 0.3) is 0 Å². The second kappa shape index (κ2) is 31.0. The maximum Gasteiger partial charge on any atom is 3.00 e. The summed E-state index contributed by atoms with van der Waals surface area (Å²) in [4.78, 5) is 0. The third-order valence-corrected chi connectivity index (χ3v) is 0. The molecule has 0 aliphatic heterocycles. The van der Waals surface area contributed by atoms with Crippen molar-refractivity contribution in [1.29, 1.82) is 0 Å². The van der Waals surface area contributed by atoms with Crippen LogP contribution in [0, 0.1) is 0 Å². The van der Waals surface area contributed by atoms with E-state index in [1.807, 2.05) is 0 Å². The van der Waals surface area contributed by atoms with E-state index in [4.69, 9.17) is 60.3 Å². The number of hydrogen-bond acceptors (Lipinski definition) is 12. The molecular formula is H6AlB4O12Y. The van der Waals surface area contributed by atoms with E-state index in [-0.39, 0.29) is 50.1 Å². The quantitative estimate of drug-likeness (QED) is 0.221. The summed E-state index contributed by atoms with van der Waals surface area (Å²) in [5, 5.41) is 93.5. The van der Waals surface area contributed by atoms with Crippen LogP contribution in [0.25, 0.3) is 0 Å². The van der Waals surface area contributed by atoms with Crippen molar-refractivity contribution in [2.75, 3.05) is 0 Å². The van der Waals surface area contributed by atoms with Gasteiger partial charge in [0, 0.05) is 0 Å². The molecule has 12 nitrogen and oxygen atoms in total. The van der Waals surface area contributed by atoms with Gasteiger partial charge in [-0.15, -0.1) is 0 Å². The Balaban J connectivity index is -0.0000000257. The summed E-state index contributed by atoms with van der Waals surface area (Å²) in [7, 11) is -10.2. The van der Waals surface area contributed by atoms with E-state index in [1.54, 1.807) is 0 Å². The molecule has 18 heavy (non-hydrogen) atoms. The van der Waals surface area contributed by atoms with E-state index >= 15 is 0 Å². The molecule has 0 aliphatic rings. The minimum Gasteiger partial charge on any atom is -0.907 e. The van der Waals surface area contributed by atoms with Crippen LogP contribution in [0.3, 0.4) is 0 Å². The molecule has 6 N–H and O–H groups in total. The monoisotopic (exact) mass is 358 g/mol. The first-order chi connectivity index (χ1) is 6.93. The predicted molar refractivity (Wildman–Crippen MR) is 42.1 cm³/mol. The van der Waals surface area contributed by atoms with E-state index in [2.05, 4.69) is 0 Å². The van der Waals surface area contributed by atoms with Crippen LogP contribution in [0.4, 0.5) is 0 Å². The van der Waals surface area contributed by atoms with Gasteiger partial charge in [0.05, 0.1) is 0 Å². The van der Waals surface area contributed by atoms with E-state index < -0.39 is 29.3 Å². The smallest absolute Gasteiger partial charge is 0.907 e. The van der Waals surface area contributed by atoms with Crippen molar-refractivity contribution >= 4 is 46.6 Å². The summed E-state index contributed by atoms with van der Waals surface area (Å²) < 4.78 is 0. The van der Waals surface area contributed by atoms with Gasteiger partial charge >= 0.3 is 64.7 Å². The third-order valence-electron chi connectivity index (χ3n) is 0. The van der Waals surface area contributed by atoms with Crippen LogP contribution < -0.4 is 30.1 Å². The molecule has 0 atom stereocenters. The Hall–Kier alpha value is 1.42. The first-order valence-electron chi connectivity index (χ1n) is 2.96. The van der Waals surface area contributed by atoms with Gasteiger partial charge in [-0.25, -0.2) is 0 Å². The average molecular weight is 357 g/mol. The van der Waals surface area contributed by atoms with E-state index in [0.717, 1.165) is 0 Å². The van der Waals surface area contributed by atoms with E-state index in [9.17, 15) is 0 Å².